The van der Waals surface area contributed by atoms with Gasteiger partial charge in [-0.05, 0) is 31.4 Å². The zero-order chi connectivity index (χ0) is 20.9. The van der Waals surface area contributed by atoms with E-state index in [-0.39, 0.29) is 6.03 Å². The first-order valence-corrected chi connectivity index (χ1v) is 11.5. The largest absolute Gasteiger partial charge is 0.378 e. The van der Waals surface area contributed by atoms with E-state index >= 15 is 0 Å². The van der Waals surface area contributed by atoms with Crippen molar-refractivity contribution in [3.05, 3.63) is 36.0 Å². The number of nitrogens with zero attached hydrogens (tertiary/aromatic N) is 5. The van der Waals surface area contributed by atoms with Gasteiger partial charge in [-0.25, -0.2) is 9.78 Å². The van der Waals surface area contributed by atoms with Crippen molar-refractivity contribution < 1.29 is 9.53 Å². The minimum Gasteiger partial charge on any atom is -0.378 e. The molecule has 8 nitrogen and oxygen atoms in total. The van der Waals surface area contributed by atoms with Crippen LogP contribution in [-0.4, -0.2) is 79.6 Å². The van der Waals surface area contributed by atoms with Crippen LogP contribution in [0.1, 0.15) is 5.69 Å². The molecular formula is C21H28N6O2S. The number of morpholine rings is 1. The fourth-order valence-electron chi connectivity index (χ4n) is 3.65. The first kappa shape index (κ1) is 20.7. The van der Waals surface area contributed by atoms with Crippen LogP contribution in [0.5, 0.6) is 0 Å². The Labute approximate surface area is 181 Å². The number of carbonyl (C=O) groups excluding carboxylic acids is 1. The number of nitrogens with one attached hydrogen (secondary N) is 1. The Morgan fingerprint density at radius 1 is 1.03 bits per heavy atom. The topological polar surface area (TPSA) is 73.8 Å². The number of carbonyl (C=O) groups is 1. The fourth-order valence-corrected chi connectivity index (χ4v) is 4.10. The molecule has 0 unspecified atom stereocenters. The highest BCUT2D eigenvalue weighted by Crippen LogP contribution is 2.21. The number of benzene rings is 1. The number of aromatic nitrogens is 2. The first-order valence-electron chi connectivity index (χ1n) is 10.3. The average Bonchev–Trinajstić information content (AvgIpc) is 2.79. The number of hydrogen-bond acceptors (Lipinski definition) is 7. The summed E-state index contributed by atoms with van der Waals surface area (Å²) in [6, 6.07) is 9.88. The second-order valence-electron chi connectivity index (χ2n) is 7.40. The molecule has 1 N–H and O–H groups in total. The molecule has 1 aromatic carbocycles. The van der Waals surface area contributed by atoms with E-state index in [1.807, 2.05) is 48.4 Å². The summed E-state index contributed by atoms with van der Waals surface area (Å²) in [6.07, 6.45) is 2.03. The average molecular weight is 429 g/mol. The molecule has 0 aliphatic carbocycles. The van der Waals surface area contributed by atoms with Crippen LogP contribution in [-0.2, 0) is 4.74 Å². The second-order valence-corrected chi connectivity index (χ2v) is 8.28. The Morgan fingerprint density at radius 3 is 2.53 bits per heavy atom. The molecule has 0 saturated carbocycles. The third-order valence-electron chi connectivity index (χ3n) is 5.33. The van der Waals surface area contributed by atoms with Crippen molar-refractivity contribution in [1.29, 1.82) is 0 Å². The normalized spacial score (nSPS) is 17.2. The van der Waals surface area contributed by atoms with Crippen molar-refractivity contribution in [2.75, 3.05) is 73.9 Å². The highest BCUT2D eigenvalue weighted by molar-refractivity contribution is 7.98. The maximum absolute atomic E-state index is 12.7. The third kappa shape index (κ3) is 4.96. The SMILES string of the molecule is CSc1cccc(NC(=O)N2CCN(c3cc(C)nc(N4CCOCC4)n3)CC2)c1. The molecule has 2 aliphatic heterocycles. The van der Waals surface area contributed by atoms with E-state index in [2.05, 4.69) is 20.1 Å². The van der Waals surface area contributed by atoms with Crippen molar-refractivity contribution in [1.82, 2.24) is 14.9 Å². The van der Waals surface area contributed by atoms with Gasteiger partial charge in [-0.2, -0.15) is 4.98 Å². The number of rotatable bonds is 4. The Hall–Kier alpha value is -2.52. The number of anilines is 3. The Kier molecular flexibility index (Phi) is 6.59. The predicted molar refractivity (Wildman–Crippen MR) is 121 cm³/mol. The quantitative estimate of drug-likeness (QED) is 0.751. The van der Waals surface area contributed by atoms with Gasteiger partial charge in [0.25, 0.3) is 0 Å². The van der Waals surface area contributed by atoms with Crippen LogP contribution in [0.25, 0.3) is 0 Å². The van der Waals surface area contributed by atoms with Crippen LogP contribution in [0, 0.1) is 6.92 Å². The molecule has 30 heavy (non-hydrogen) atoms. The van der Waals surface area contributed by atoms with Gasteiger partial charge in [0.2, 0.25) is 5.95 Å². The number of urea groups is 1. The molecule has 2 saturated heterocycles. The highest BCUT2D eigenvalue weighted by Gasteiger charge is 2.23. The summed E-state index contributed by atoms with van der Waals surface area (Å²) in [5.41, 5.74) is 1.78. The Balaban J connectivity index is 1.37. The summed E-state index contributed by atoms with van der Waals surface area (Å²) >= 11 is 1.66. The van der Waals surface area contributed by atoms with Crippen molar-refractivity contribution >= 4 is 35.2 Å². The standard InChI is InChI=1S/C21H28N6O2S/c1-16-14-19(24-20(22-16)26-10-12-29-13-11-26)25-6-8-27(9-7-25)21(28)23-17-4-3-5-18(15-17)30-2/h3-5,14-15H,6-13H2,1-2H3,(H,23,28). The zero-order valence-corrected chi connectivity index (χ0v) is 18.3. The predicted octanol–water partition coefficient (Wildman–Crippen LogP) is 2.70. The van der Waals surface area contributed by atoms with Gasteiger partial charge in [0.15, 0.2) is 0 Å². The van der Waals surface area contributed by atoms with Crippen LogP contribution in [0.15, 0.2) is 35.2 Å². The molecule has 2 amide bonds. The third-order valence-corrected chi connectivity index (χ3v) is 6.06. The number of piperazine rings is 1. The van der Waals surface area contributed by atoms with Gasteiger partial charge in [0, 0.05) is 61.6 Å². The lowest BCUT2D eigenvalue weighted by Gasteiger charge is -2.36. The van der Waals surface area contributed by atoms with E-state index in [9.17, 15) is 4.79 Å². The molecule has 0 bridgehead atoms. The molecule has 3 heterocycles. The smallest absolute Gasteiger partial charge is 0.321 e. The van der Waals surface area contributed by atoms with Crippen LogP contribution in [0.2, 0.25) is 0 Å². The van der Waals surface area contributed by atoms with Crippen LogP contribution in [0.3, 0.4) is 0 Å². The van der Waals surface area contributed by atoms with E-state index in [0.29, 0.717) is 26.3 Å². The number of ether oxygens (including phenoxy) is 1. The summed E-state index contributed by atoms with van der Waals surface area (Å²) in [7, 11) is 0. The van der Waals surface area contributed by atoms with E-state index < -0.39 is 0 Å². The van der Waals surface area contributed by atoms with Gasteiger partial charge >= 0.3 is 6.03 Å². The van der Waals surface area contributed by atoms with Crippen molar-refractivity contribution in [3.8, 4) is 0 Å². The van der Waals surface area contributed by atoms with Crippen molar-refractivity contribution in [2.45, 2.75) is 11.8 Å². The Morgan fingerprint density at radius 2 is 1.80 bits per heavy atom. The molecule has 0 atom stereocenters. The van der Waals surface area contributed by atoms with Gasteiger partial charge in [0.05, 0.1) is 13.2 Å². The molecule has 4 rings (SSSR count). The van der Waals surface area contributed by atoms with Gasteiger partial charge < -0.3 is 24.8 Å². The lowest BCUT2D eigenvalue weighted by Crippen LogP contribution is -2.50. The summed E-state index contributed by atoms with van der Waals surface area (Å²) in [6.45, 7) is 7.85. The van der Waals surface area contributed by atoms with E-state index in [1.54, 1.807) is 11.8 Å². The summed E-state index contributed by atoms with van der Waals surface area (Å²) in [5, 5.41) is 3.01. The molecule has 2 aromatic rings. The second kappa shape index (κ2) is 9.53. The van der Waals surface area contributed by atoms with E-state index in [4.69, 9.17) is 9.72 Å². The molecule has 9 heteroatoms. The molecule has 0 spiro atoms. The number of hydrogen-bond donors (Lipinski definition) is 1. The van der Waals surface area contributed by atoms with Gasteiger partial charge in [-0.15, -0.1) is 11.8 Å². The molecule has 2 aliphatic rings. The summed E-state index contributed by atoms with van der Waals surface area (Å²) in [5.74, 6) is 1.69. The number of amides is 2. The molecule has 0 radical (unpaired) electrons. The minimum atomic E-state index is -0.0548. The summed E-state index contributed by atoms with van der Waals surface area (Å²) < 4.78 is 5.44. The maximum Gasteiger partial charge on any atom is 0.321 e. The molecular weight excluding hydrogens is 400 g/mol. The molecule has 2 fully saturated rings. The lowest BCUT2D eigenvalue weighted by molar-refractivity contribution is 0.122. The minimum absolute atomic E-state index is 0.0548. The van der Waals surface area contributed by atoms with Crippen molar-refractivity contribution in [2.24, 2.45) is 0 Å². The Bertz CT molecular complexity index is 882. The van der Waals surface area contributed by atoms with E-state index in [0.717, 1.165) is 54.2 Å². The van der Waals surface area contributed by atoms with Gasteiger partial charge in [-0.1, -0.05) is 6.07 Å². The van der Waals surface area contributed by atoms with E-state index in [1.165, 1.54) is 0 Å². The summed E-state index contributed by atoms with van der Waals surface area (Å²) in [4.78, 5) is 29.5. The highest BCUT2D eigenvalue weighted by atomic mass is 32.2. The lowest BCUT2D eigenvalue weighted by atomic mass is 10.3. The number of thioether (sulfide) groups is 1. The number of aryl methyl sites for hydroxylation is 1. The van der Waals surface area contributed by atoms with Crippen LogP contribution >= 0.6 is 11.8 Å². The molecule has 1 aromatic heterocycles. The van der Waals surface area contributed by atoms with Crippen LogP contribution < -0.4 is 15.1 Å². The fraction of sp³-hybridized carbons (Fsp3) is 0.476. The van der Waals surface area contributed by atoms with Crippen molar-refractivity contribution in [3.63, 3.8) is 0 Å². The monoisotopic (exact) mass is 428 g/mol. The first-order chi connectivity index (χ1) is 14.6. The molecule has 160 valence electrons. The van der Waals surface area contributed by atoms with Gasteiger partial charge in [0.1, 0.15) is 5.82 Å². The van der Waals surface area contributed by atoms with Gasteiger partial charge in [-0.3, -0.25) is 0 Å². The maximum atomic E-state index is 12.7. The zero-order valence-electron chi connectivity index (χ0n) is 17.5. The van der Waals surface area contributed by atoms with Crippen LogP contribution in [0.4, 0.5) is 22.2 Å².